The molecule has 1 N–H and O–H groups in total. The number of hydrogen-bond acceptors (Lipinski definition) is 3. The normalized spacial score (nSPS) is 18.9. The van der Waals surface area contributed by atoms with Crippen molar-refractivity contribution in [3.05, 3.63) is 35.9 Å². The van der Waals surface area contributed by atoms with Gasteiger partial charge in [0, 0.05) is 18.6 Å². The van der Waals surface area contributed by atoms with Gasteiger partial charge >= 0.3 is 6.09 Å². The fourth-order valence-electron chi connectivity index (χ4n) is 3.30. The molecule has 0 saturated carbocycles. The van der Waals surface area contributed by atoms with E-state index in [2.05, 4.69) is 43.1 Å². The lowest BCUT2D eigenvalue weighted by Crippen LogP contribution is -2.57. The second-order valence-corrected chi connectivity index (χ2v) is 8.73. The largest absolute Gasteiger partial charge is 0.444 e. The van der Waals surface area contributed by atoms with Crippen molar-refractivity contribution in [2.24, 2.45) is 0 Å². The maximum Gasteiger partial charge on any atom is 0.408 e. The molecule has 0 aliphatic carbocycles. The number of amides is 1. The lowest BCUT2D eigenvalue weighted by atomic mass is 9.80. The topological polar surface area (TPSA) is 41.6 Å². The first kappa shape index (κ1) is 18.8. The molecule has 1 fully saturated rings. The van der Waals surface area contributed by atoms with Gasteiger partial charge in [-0.1, -0.05) is 30.3 Å². The molecule has 0 unspecified atom stereocenters. The number of carbonyl (C=O) groups is 1. The predicted molar refractivity (Wildman–Crippen MR) is 98.0 cm³/mol. The maximum absolute atomic E-state index is 12.4. The number of nitrogens with one attached hydrogen (secondary N) is 1. The average Bonchev–Trinajstić information content (AvgIpc) is 2.45. The van der Waals surface area contributed by atoms with Crippen LogP contribution in [0.15, 0.2) is 30.3 Å². The molecule has 0 radical (unpaired) electrons. The molecule has 1 heterocycles. The minimum atomic E-state index is -0.492. The fourth-order valence-corrected chi connectivity index (χ4v) is 3.30. The van der Waals surface area contributed by atoms with Gasteiger partial charge in [0.2, 0.25) is 0 Å². The molecule has 0 spiro atoms. The van der Waals surface area contributed by atoms with Crippen LogP contribution in [0.4, 0.5) is 4.79 Å². The van der Waals surface area contributed by atoms with E-state index in [1.165, 1.54) is 0 Å². The number of alkyl carbamates (subject to hydrolysis) is 1. The monoisotopic (exact) mass is 332 g/mol. The van der Waals surface area contributed by atoms with E-state index in [0.29, 0.717) is 0 Å². The highest BCUT2D eigenvalue weighted by atomic mass is 16.6. The number of carbonyl (C=O) groups excluding carboxylic acids is 1. The molecular formula is C20H32N2O2. The fraction of sp³-hybridized carbons (Fsp3) is 0.650. The quantitative estimate of drug-likeness (QED) is 0.878. The molecule has 1 aliphatic heterocycles. The molecule has 4 nitrogen and oxygen atoms in total. The Morgan fingerprint density at radius 1 is 1.04 bits per heavy atom. The van der Waals surface area contributed by atoms with E-state index >= 15 is 0 Å². The van der Waals surface area contributed by atoms with E-state index in [0.717, 1.165) is 31.5 Å². The van der Waals surface area contributed by atoms with E-state index in [-0.39, 0.29) is 17.2 Å². The number of likely N-dealkylation sites (tertiary alicyclic amines) is 1. The van der Waals surface area contributed by atoms with Gasteiger partial charge in [0.05, 0.1) is 5.54 Å². The van der Waals surface area contributed by atoms with Gasteiger partial charge < -0.3 is 10.1 Å². The van der Waals surface area contributed by atoms with Crippen LogP contribution in [0.2, 0.25) is 0 Å². The standard InChI is InChI=1S/C20H32N2O2/c1-18(2,3)22-14-12-20(13-15-22,16-10-8-7-9-11-16)21-17(23)24-19(4,5)6/h7-11H,12-15H2,1-6H3,(H,21,23). The lowest BCUT2D eigenvalue weighted by Gasteiger charge is -2.47. The first-order chi connectivity index (χ1) is 11.0. The van der Waals surface area contributed by atoms with E-state index in [1.807, 2.05) is 39.0 Å². The number of ether oxygens (including phenoxy) is 1. The van der Waals surface area contributed by atoms with Crippen LogP contribution in [0, 0.1) is 0 Å². The Morgan fingerprint density at radius 2 is 1.58 bits per heavy atom. The first-order valence-electron chi connectivity index (χ1n) is 8.84. The van der Waals surface area contributed by atoms with Crippen LogP contribution in [0.25, 0.3) is 0 Å². The van der Waals surface area contributed by atoms with Gasteiger partial charge in [-0.3, -0.25) is 4.90 Å². The molecule has 24 heavy (non-hydrogen) atoms. The zero-order valence-electron chi connectivity index (χ0n) is 16.0. The van der Waals surface area contributed by atoms with Gasteiger partial charge in [-0.25, -0.2) is 4.79 Å². The highest BCUT2D eigenvalue weighted by Gasteiger charge is 2.40. The number of benzene rings is 1. The SMILES string of the molecule is CC(C)(C)OC(=O)NC1(c2ccccc2)CCN(C(C)(C)C)CC1. The Balaban J connectivity index is 2.21. The van der Waals surface area contributed by atoms with E-state index < -0.39 is 5.60 Å². The molecule has 1 saturated heterocycles. The van der Waals surface area contributed by atoms with Crippen molar-refractivity contribution in [1.82, 2.24) is 10.2 Å². The van der Waals surface area contributed by atoms with Crippen molar-refractivity contribution in [3.63, 3.8) is 0 Å². The zero-order valence-corrected chi connectivity index (χ0v) is 16.0. The number of rotatable bonds is 2. The Bertz CT molecular complexity index is 547. The van der Waals surface area contributed by atoms with E-state index in [4.69, 9.17) is 4.74 Å². The van der Waals surface area contributed by atoms with Crippen LogP contribution in [-0.2, 0) is 10.3 Å². The summed E-state index contributed by atoms with van der Waals surface area (Å²) in [6.45, 7) is 14.3. The van der Waals surface area contributed by atoms with Crippen molar-refractivity contribution < 1.29 is 9.53 Å². The summed E-state index contributed by atoms with van der Waals surface area (Å²) in [4.78, 5) is 14.9. The molecule has 1 aromatic carbocycles. The van der Waals surface area contributed by atoms with Gasteiger partial charge in [-0.05, 0) is 59.9 Å². The molecule has 134 valence electrons. The van der Waals surface area contributed by atoms with E-state index in [9.17, 15) is 4.79 Å². The van der Waals surface area contributed by atoms with Crippen molar-refractivity contribution in [3.8, 4) is 0 Å². The van der Waals surface area contributed by atoms with E-state index in [1.54, 1.807) is 0 Å². The molecule has 0 bridgehead atoms. The second-order valence-electron chi connectivity index (χ2n) is 8.73. The molecule has 1 amide bonds. The summed E-state index contributed by atoms with van der Waals surface area (Å²) in [5.41, 5.74) is 0.457. The lowest BCUT2D eigenvalue weighted by molar-refractivity contribution is 0.0283. The van der Waals surface area contributed by atoms with Crippen LogP contribution in [0.5, 0.6) is 0 Å². The summed E-state index contributed by atoms with van der Waals surface area (Å²) in [5, 5.41) is 3.19. The minimum absolute atomic E-state index is 0.148. The highest BCUT2D eigenvalue weighted by molar-refractivity contribution is 5.69. The van der Waals surface area contributed by atoms with Crippen LogP contribution in [0.3, 0.4) is 0 Å². The van der Waals surface area contributed by atoms with Crippen molar-refractivity contribution in [1.29, 1.82) is 0 Å². The van der Waals surface area contributed by atoms with Crippen LogP contribution >= 0.6 is 0 Å². The van der Waals surface area contributed by atoms with Gasteiger partial charge in [-0.2, -0.15) is 0 Å². The summed E-state index contributed by atoms with van der Waals surface area (Å²) in [7, 11) is 0. The maximum atomic E-state index is 12.4. The molecule has 0 atom stereocenters. The smallest absolute Gasteiger partial charge is 0.408 e. The van der Waals surface area contributed by atoms with Gasteiger partial charge in [-0.15, -0.1) is 0 Å². The summed E-state index contributed by atoms with van der Waals surface area (Å²) in [6, 6.07) is 10.3. The molecular weight excluding hydrogens is 300 g/mol. The Kier molecular flexibility index (Phi) is 5.28. The summed E-state index contributed by atoms with van der Waals surface area (Å²) in [6.07, 6.45) is 1.43. The summed E-state index contributed by atoms with van der Waals surface area (Å²) in [5.74, 6) is 0. The van der Waals surface area contributed by atoms with Crippen molar-refractivity contribution in [2.75, 3.05) is 13.1 Å². The number of nitrogens with zero attached hydrogens (tertiary/aromatic N) is 1. The third-order valence-corrected chi connectivity index (χ3v) is 4.63. The van der Waals surface area contributed by atoms with Crippen molar-refractivity contribution in [2.45, 2.75) is 71.1 Å². The predicted octanol–water partition coefficient (Wildman–Crippen LogP) is 4.30. The first-order valence-corrected chi connectivity index (χ1v) is 8.84. The highest BCUT2D eigenvalue weighted by Crippen LogP contribution is 2.35. The minimum Gasteiger partial charge on any atom is -0.444 e. The third kappa shape index (κ3) is 4.73. The Hall–Kier alpha value is -1.55. The summed E-state index contributed by atoms with van der Waals surface area (Å²) >= 11 is 0. The average molecular weight is 332 g/mol. The molecule has 1 aromatic rings. The van der Waals surface area contributed by atoms with Crippen molar-refractivity contribution >= 4 is 6.09 Å². The number of hydrogen-bond donors (Lipinski definition) is 1. The molecule has 1 aliphatic rings. The van der Waals surface area contributed by atoms with Gasteiger partial charge in [0.1, 0.15) is 5.60 Å². The van der Waals surface area contributed by atoms with Gasteiger partial charge in [0.25, 0.3) is 0 Å². The Labute approximate surface area is 146 Å². The van der Waals surface area contributed by atoms with Crippen LogP contribution in [-0.4, -0.2) is 35.2 Å². The van der Waals surface area contributed by atoms with Gasteiger partial charge in [0.15, 0.2) is 0 Å². The third-order valence-electron chi connectivity index (χ3n) is 4.63. The number of piperidine rings is 1. The molecule has 2 rings (SSSR count). The molecule has 4 heteroatoms. The molecule has 0 aromatic heterocycles. The zero-order chi connectivity index (χ0) is 18.0. The van der Waals surface area contributed by atoms with Crippen LogP contribution in [0.1, 0.15) is 59.9 Å². The summed E-state index contributed by atoms with van der Waals surface area (Å²) < 4.78 is 5.52. The Morgan fingerprint density at radius 3 is 2.04 bits per heavy atom. The van der Waals surface area contributed by atoms with Crippen LogP contribution < -0.4 is 5.32 Å². The second kappa shape index (κ2) is 6.75.